The molecule has 10 heteroatoms. The molecule has 2 atom stereocenters. The smallest absolute Gasteiger partial charge is 0.259 e. The highest BCUT2D eigenvalue weighted by Gasteiger charge is 2.39. The van der Waals surface area contributed by atoms with Crippen LogP contribution in [0.5, 0.6) is 0 Å². The summed E-state index contributed by atoms with van der Waals surface area (Å²) in [5, 5.41) is 17.7. The van der Waals surface area contributed by atoms with Crippen LogP contribution in [0.15, 0.2) is 42.6 Å². The van der Waals surface area contributed by atoms with Crippen molar-refractivity contribution in [2.24, 2.45) is 0 Å². The highest BCUT2D eigenvalue weighted by molar-refractivity contribution is 6.05. The summed E-state index contributed by atoms with van der Waals surface area (Å²) in [5.74, 6) is -0.761. The van der Waals surface area contributed by atoms with Gasteiger partial charge in [0, 0.05) is 47.0 Å². The summed E-state index contributed by atoms with van der Waals surface area (Å²) in [7, 11) is 0. The number of nitrogens with zero attached hydrogens (tertiary/aromatic N) is 1. The first-order valence-electron chi connectivity index (χ1n) is 10.6. The number of fused-ring (bicyclic) bond motifs is 2. The van der Waals surface area contributed by atoms with E-state index in [9.17, 15) is 19.5 Å². The van der Waals surface area contributed by atoms with Crippen LogP contribution in [0.25, 0.3) is 10.8 Å². The summed E-state index contributed by atoms with van der Waals surface area (Å²) < 4.78 is 5.48. The van der Waals surface area contributed by atoms with E-state index in [0.717, 1.165) is 22.0 Å². The molecule has 3 heterocycles. The molecule has 1 aromatic heterocycles. The molecule has 2 aliphatic rings. The molecule has 2 aromatic carbocycles. The number of hydrogen-bond acceptors (Lipinski definition) is 6. The fourth-order valence-corrected chi connectivity index (χ4v) is 4.22. The van der Waals surface area contributed by atoms with Crippen LogP contribution in [0.1, 0.15) is 12.0 Å². The number of H-pyrrole nitrogens is 1. The van der Waals surface area contributed by atoms with Gasteiger partial charge in [-0.05, 0) is 48.4 Å². The van der Waals surface area contributed by atoms with Crippen LogP contribution in [-0.2, 0) is 25.5 Å². The van der Waals surface area contributed by atoms with E-state index >= 15 is 0 Å². The van der Waals surface area contributed by atoms with Gasteiger partial charge in [-0.3, -0.25) is 14.4 Å². The van der Waals surface area contributed by atoms with E-state index in [2.05, 4.69) is 15.6 Å². The van der Waals surface area contributed by atoms with Crippen molar-refractivity contribution in [1.29, 1.82) is 0 Å². The third-order valence-corrected chi connectivity index (χ3v) is 5.97. The van der Waals surface area contributed by atoms with Gasteiger partial charge in [0.2, 0.25) is 5.91 Å². The van der Waals surface area contributed by atoms with Gasteiger partial charge in [-0.1, -0.05) is 0 Å². The van der Waals surface area contributed by atoms with E-state index in [4.69, 9.17) is 10.5 Å². The molecule has 170 valence electrons. The molecule has 0 bridgehead atoms. The molecule has 0 spiro atoms. The lowest BCUT2D eigenvalue weighted by Gasteiger charge is -2.34. The van der Waals surface area contributed by atoms with Gasteiger partial charge in [-0.15, -0.1) is 0 Å². The maximum absolute atomic E-state index is 13.1. The summed E-state index contributed by atoms with van der Waals surface area (Å²) in [6.07, 6.45) is -0.341. The quantitative estimate of drug-likeness (QED) is 0.406. The topological polar surface area (TPSA) is 150 Å². The zero-order chi connectivity index (χ0) is 23.1. The lowest BCUT2D eigenvalue weighted by molar-refractivity contribution is -0.150. The summed E-state index contributed by atoms with van der Waals surface area (Å²) in [4.78, 5) is 41.8. The van der Waals surface area contributed by atoms with E-state index < -0.39 is 24.0 Å². The van der Waals surface area contributed by atoms with Gasteiger partial charge in [0.15, 0.2) is 12.2 Å². The van der Waals surface area contributed by atoms with Crippen molar-refractivity contribution in [2.75, 3.05) is 34.4 Å². The minimum Gasteiger partial charge on any atom is -0.385 e. The number of hydrogen-bond donors (Lipinski definition) is 5. The SMILES string of the molecule is Nc1[nH]cc2cc(NC(=O)[C@H](O)[C@H]3OCCN(c4ccc5c(c4)CCC(=O)N5)C3=O)ccc12. The average molecular weight is 449 g/mol. The van der Waals surface area contributed by atoms with Crippen LogP contribution in [-0.4, -0.2) is 53.2 Å². The number of nitrogen functional groups attached to an aromatic ring is 1. The van der Waals surface area contributed by atoms with Gasteiger partial charge in [0.1, 0.15) is 5.82 Å². The van der Waals surface area contributed by atoms with Crippen LogP contribution in [0.3, 0.4) is 0 Å². The molecule has 0 unspecified atom stereocenters. The van der Waals surface area contributed by atoms with E-state index in [1.165, 1.54) is 4.90 Å². The number of aromatic amines is 1. The lowest BCUT2D eigenvalue weighted by atomic mass is 10.0. The van der Waals surface area contributed by atoms with Gasteiger partial charge in [0.05, 0.1) is 6.61 Å². The van der Waals surface area contributed by atoms with Crippen molar-refractivity contribution >= 4 is 51.4 Å². The molecule has 10 nitrogen and oxygen atoms in total. The maximum Gasteiger partial charge on any atom is 0.259 e. The molecule has 5 rings (SSSR count). The number of carbonyl (C=O) groups excluding carboxylic acids is 3. The summed E-state index contributed by atoms with van der Waals surface area (Å²) in [6, 6.07) is 10.5. The first-order valence-corrected chi connectivity index (χ1v) is 10.6. The number of amides is 3. The Bertz CT molecular complexity index is 1270. The zero-order valence-corrected chi connectivity index (χ0v) is 17.6. The summed E-state index contributed by atoms with van der Waals surface area (Å²) in [5.41, 5.74) is 8.59. The van der Waals surface area contributed by atoms with Gasteiger partial charge in [-0.2, -0.15) is 0 Å². The maximum atomic E-state index is 13.1. The van der Waals surface area contributed by atoms with Gasteiger partial charge in [-0.25, -0.2) is 0 Å². The second kappa shape index (κ2) is 8.23. The lowest BCUT2D eigenvalue weighted by Crippen LogP contribution is -2.55. The Balaban J connectivity index is 1.30. The molecule has 3 aromatic rings. The fraction of sp³-hybridized carbons (Fsp3) is 0.261. The minimum absolute atomic E-state index is 0.0361. The normalized spacial score (nSPS) is 19.2. The number of benzene rings is 2. The number of carbonyl (C=O) groups is 3. The Morgan fingerprint density at radius 2 is 2.06 bits per heavy atom. The second-order valence-corrected chi connectivity index (χ2v) is 8.11. The number of nitrogens with one attached hydrogen (secondary N) is 3. The predicted molar refractivity (Wildman–Crippen MR) is 123 cm³/mol. The van der Waals surface area contributed by atoms with Crippen molar-refractivity contribution in [3.63, 3.8) is 0 Å². The number of aliphatic hydroxyl groups excluding tert-OH is 1. The number of morpholine rings is 1. The average Bonchev–Trinajstić information content (AvgIpc) is 3.18. The summed E-state index contributed by atoms with van der Waals surface area (Å²) >= 11 is 0. The third-order valence-electron chi connectivity index (χ3n) is 5.97. The largest absolute Gasteiger partial charge is 0.385 e. The second-order valence-electron chi connectivity index (χ2n) is 8.11. The molecule has 0 saturated carbocycles. The Kier molecular flexibility index (Phi) is 5.23. The number of rotatable bonds is 4. The van der Waals surface area contributed by atoms with Gasteiger partial charge < -0.3 is 36.1 Å². The van der Waals surface area contributed by atoms with Crippen molar-refractivity contribution in [3.05, 3.63) is 48.2 Å². The molecule has 0 radical (unpaired) electrons. The van der Waals surface area contributed by atoms with Gasteiger partial charge in [0.25, 0.3) is 11.8 Å². The minimum atomic E-state index is -1.69. The molecule has 1 saturated heterocycles. The number of ether oxygens (including phenoxy) is 1. The summed E-state index contributed by atoms with van der Waals surface area (Å²) in [6.45, 7) is 0.462. The predicted octanol–water partition coefficient (Wildman–Crippen LogP) is 1.37. The molecule has 1 fully saturated rings. The highest BCUT2D eigenvalue weighted by atomic mass is 16.5. The number of aliphatic hydroxyl groups is 1. The van der Waals surface area contributed by atoms with E-state index in [0.29, 0.717) is 36.6 Å². The van der Waals surface area contributed by atoms with Crippen LogP contribution >= 0.6 is 0 Å². The first kappa shape index (κ1) is 21.0. The molecule has 2 aliphatic heterocycles. The number of anilines is 4. The molecule has 0 aliphatic carbocycles. The van der Waals surface area contributed by atoms with Crippen molar-refractivity contribution in [1.82, 2.24) is 4.98 Å². The number of nitrogens with two attached hydrogens (primary N) is 1. The zero-order valence-electron chi connectivity index (χ0n) is 17.6. The molecule has 3 amide bonds. The molecular formula is C23H23N5O5. The molecule has 33 heavy (non-hydrogen) atoms. The van der Waals surface area contributed by atoms with E-state index in [-0.39, 0.29) is 12.5 Å². The fourth-order valence-electron chi connectivity index (χ4n) is 4.22. The Morgan fingerprint density at radius 1 is 1.21 bits per heavy atom. The Labute approximate surface area is 188 Å². The van der Waals surface area contributed by atoms with Gasteiger partial charge >= 0.3 is 0 Å². The standard InChI is InChI=1S/C23H23N5O5/c24-21-16-4-2-14(9-13(16)11-25-21)26-22(31)19(30)20-23(32)28(7-8-33-20)15-3-5-17-12(10-15)1-6-18(29)27-17/h2-5,9-11,19-20,25,30H,1,6-8,24H2,(H,26,31)(H,27,29)/t19-,20-/m1/s1. The first-order chi connectivity index (χ1) is 15.9. The van der Waals surface area contributed by atoms with Crippen LogP contribution < -0.4 is 21.3 Å². The van der Waals surface area contributed by atoms with Crippen molar-refractivity contribution < 1.29 is 24.2 Å². The van der Waals surface area contributed by atoms with Crippen molar-refractivity contribution in [3.8, 4) is 0 Å². The monoisotopic (exact) mass is 449 g/mol. The van der Waals surface area contributed by atoms with Crippen LogP contribution in [0.2, 0.25) is 0 Å². The third kappa shape index (κ3) is 3.90. The highest BCUT2D eigenvalue weighted by Crippen LogP contribution is 2.29. The van der Waals surface area contributed by atoms with E-state index in [1.54, 1.807) is 36.5 Å². The molecule has 6 N–H and O–H groups in total. The molecular weight excluding hydrogens is 426 g/mol. The number of aryl methyl sites for hydroxylation is 1. The number of aromatic nitrogens is 1. The van der Waals surface area contributed by atoms with Crippen LogP contribution in [0.4, 0.5) is 22.9 Å². The van der Waals surface area contributed by atoms with Crippen molar-refractivity contribution in [2.45, 2.75) is 25.0 Å². The van der Waals surface area contributed by atoms with Crippen LogP contribution in [0, 0.1) is 0 Å². The van der Waals surface area contributed by atoms with E-state index in [1.807, 2.05) is 6.07 Å². The Hall–Kier alpha value is -3.89. The Morgan fingerprint density at radius 3 is 2.91 bits per heavy atom.